The van der Waals surface area contributed by atoms with Gasteiger partial charge in [0, 0.05) is 0 Å². The molecule has 3 rings (SSSR count). The molecule has 0 aliphatic heterocycles. The molecule has 174 valence electrons. The van der Waals surface area contributed by atoms with Crippen LogP contribution in [0.3, 0.4) is 0 Å². The number of phenolic OH excluding ortho intramolecular Hbond substituents is 1. The Morgan fingerprint density at radius 3 is 2.12 bits per heavy atom. The fourth-order valence-corrected chi connectivity index (χ4v) is 5.27. The third-order valence-electron chi connectivity index (χ3n) is 7.47. The summed E-state index contributed by atoms with van der Waals surface area (Å²) in [4.78, 5) is 13.4. The van der Waals surface area contributed by atoms with Gasteiger partial charge in [0.1, 0.15) is 11.4 Å². The molecule has 32 heavy (non-hydrogen) atoms. The highest BCUT2D eigenvalue weighted by Gasteiger charge is 2.41. The van der Waals surface area contributed by atoms with E-state index in [1.807, 2.05) is 26.0 Å². The molecular weight excluding hydrogens is 396 g/mol. The van der Waals surface area contributed by atoms with E-state index in [9.17, 15) is 9.90 Å². The second kappa shape index (κ2) is 10.6. The SMILES string of the molecule is CCC(CC(CC(C)(C)C(=O)OC1(CC)CCCC1)c1ccc(O)cc1)c1ccccc1. The Kier molecular flexibility index (Phi) is 8.03. The van der Waals surface area contributed by atoms with E-state index in [0.717, 1.165) is 51.4 Å². The smallest absolute Gasteiger partial charge is 0.312 e. The molecule has 1 saturated carbocycles. The van der Waals surface area contributed by atoms with E-state index in [1.165, 1.54) is 11.1 Å². The topological polar surface area (TPSA) is 46.5 Å². The number of benzene rings is 2. The van der Waals surface area contributed by atoms with Gasteiger partial charge in [0.25, 0.3) is 0 Å². The van der Waals surface area contributed by atoms with Crippen LogP contribution in [-0.2, 0) is 9.53 Å². The molecule has 0 radical (unpaired) electrons. The third-order valence-corrected chi connectivity index (χ3v) is 7.47. The second-order valence-corrected chi connectivity index (χ2v) is 10.3. The molecule has 1 N–H and O–H groups in total. The van der Waals surface area contributed by atoms with Crippen LogP contribution in [0.5, 0.6) is 5.75 Å². The van der Waals surface area contributed by atoms with Crippen molar-refractivity contribution >= 4 is 5.97 Å². The Balaban J connectivity index is 1.82. The highest BCUT2D eigenvalue weighted by Crippen LogP contribution is 2.43. The van der Waals surface area contributed by atoms with Crippen LogP contribution in [0.25, 0.3) is 0 Å². The van der Waals surface area contributed by atoms with Crippen molar-refractivity contribution in [2.75, 3.05) is 0 Å². The highest BCUT2D eigenvalue weighted by molar-refractivity contribution is 5.76. The number of hydrogen-bond donors (Lipinski definition) is 1. The first-order valence-electron chi connectivity index (χ1n) is 12.4. The fourth-order valence-electron chi connectivity index (χ4n) is 5.27. The number of carbonyl (C=O) groups excluding carboxylic acids is 1. The fraction of sp³-hybridized carbons (Fsp3) is 0.552. The molecule has 0 saturated heterocycles. The lowest BCUT2D eigenvalue weighted by molar-refractivity contribution is -0.171. The first-order valence-corrected chi connectivity index (χ1v) is 12.4. The predicted molar refractivity (Wildman–Crippen MR) is 131 cm³/mol. The molecular formula is C29H40O3. The van der Waals surface area contributed by atoms with Gasteiger partial charge < -0.3 is 9.84 Å². The monoisotopic (exact) mass is 436 g/mol. The number of ether oxygens (including phenoxy) is 1. The number of hydrogen-bond acceptors (Lipinski definition) is 3. The maximum absolute atomic E-state index is 13.4. The van der Waals surface area contributed by atoms with Crippen LogP contribution < -0.4 is 0 Å². The van der Waals surface area contributed by atoms with Gasteiger partial charge in [-0.15, -0.1) is 0 Å². The van der Waals surface area contributed by atoms with Gasteiger partial charge in [-0.2, -0.15) is 0 Å². The Labute approximate surface area is 194 Å². The molecule has 0 amide bonds. The van der Waals surface area contributed by atoms with E-state index in [1.54, 1.807) is 12.1 Å². The second-order valence-electron chi connectivity index (χ2n) is 10.3. The number of phenols is 1. The Hall–Kier alpha value is -2.29. The summed E-state index contributed by atoms with van der Waals surface area (Å²) in [6.07, 6.45) is 7.88. The minimum absolute atomic E-state index is 0.0715. The number of rotatable bonds is 10. The van der Waals surface area contributed by atoms with Gasteiger partial charge >= 0.3 is 5.97 Å². The van der Waals surface area contributed by atoms with E-state index in [-0.39, 0.29) is 23.2 Å². The van der Waals surface area contributed by atoms with Gasteiger partial charge in [-0.25, -0.2) is 0 Å². The van der Waals surface area contributed by atoms with E-state index in [4.69, 9.17) is 4.74 Å². The van der Waals surface area contributed by atoms with Crippen molar-refractivity contribution in [3.8, 4) is 5.75 Å². The van der Waals surface area contributed by atoms with Crippen molar-refractivity contribution in [2.24, 2.45) is 5.41 Å². The van der Waals surface area contributed by atoms with Crippen LogP contribution in [0, 0.1) is 5.41 Å². The van der Waals surface area contributed by atoms with Crippen LogP contribution in [0.15, 0.2) is 54.6 Å². The minimum atomic E-state index is -0.581. The average Bonchev–Trinajstić information content (AvgIpc) is 3.26. The molecule has 0 aromatic heterocycles. The summed E-state index contributed by atoms with van der Waals surface area (Å²) in [7, 11) is 0. The molecule has 2 atom stereocenters. The summed E-state index contributed by atoms with van der Waals surface area (Å²) in [5.41, 5.74) is 1.67. The molecule has 0 spiro atoms. The first kappa shape index (κ1) is 24.4. The van der Waals surface area contributed by atoms with Crippen LogP contribution in [0.4, 0.5) is 0 Å². The van der Waals surface area contributed by atoms with Crippen molar-refractivity contribution in [1.29, 1.82) is 0 Å². The lowest BCUT2D eigenvalue weighted by Gasteiger charge is -2.35. The van der Waals surface area contributed by atoms with Gasteiger partial charge in [0.05, 0.1) is 5.41 Å². The van der Waals surface area contributed by atoms with Crippen molar-refractivity contribution in [2.45, 2.75) is 96.5 Å². The van der Waals surface area contributed by atoms with Crippen molar-refractivity contribution < 1.29 is 14.6 Å². The predicted octanol–water partition coefficient (Wildman–Crippen LogP) is 7.74. The van der Waals surface area contributed by atoms with Gasteiger partial charge in [-0.3, -0.25) is 4.79 Å². The number of aromatic hydroxyl groups is 1. The normalized spacial score (nSPS) is 17.6. The zero-order chi connectivity index (χ0) is 23.2. The van der Waals surface area contributed by atoms with Crippen molar-refractivity contribution in [1.82, 2.24) is 0 Å². The van der Waals surface area contributed by atoms with Crippen LogP contribution in [0.1, 0.15) is 102 Å². The van der Waals surface area contributed by atoms with Gasteiger partial charge in [-0.05, 0) is 100 Å². The molecule has 2 aromatic carbocycles. The Bertz CT molecular complexity index is 848. The van der Waals surface area contributed by atoms with Crippen molar-refractivity contribution in [3.63, 3.8) is 0 Å². The maximum Gasteiger partial charge on any atom is 0.312 e. The van der Waals surface area contributed by atoms with Crippen LogP contribution in [-0.4, -0.2) is 16.7 Å². The summed E-state index contributed by atoms with van der Waals surface area (Å²) < 4.78 is 6.21. The lowest BCUT2D eigenvalue weighted by Crippen LogP contribution is -2.38. The highest BCUT2D eigenvalue weighted by atomic mass is 16.6. The standard InChI is InChI=1S/C29H40O3/c1-5-22(23-12-8-7-9-13-23)20-25(24-14-16-26(30)17-15-24)21-28(3,4)27(31)32-29(6-2)18-10-11-19-29/h7-9,12-17,22,25,30H,5-6,10-11,18-21H2,1-4H3. The summed E-state index contributed by atoms with van der Waals surface area (Å²) in [5, 5.41) is 9.81. The quantitative estimate of drug-likeness (QED) is 0.387. The summed E-state index contributed by atoms with van der Waals surface area (Å²) in [6, 6.07) is 18.2. The van der Waals surface area contributed by atoms with E-state index in [0.29, 0.717) is 5.92 Å². The first-order chi connectivity index (χ1) is 15.3. The average molecular weight is 437 g/mol. The largest absolute Gasteiger partial charge is 0.508 e. The molecule has 1 aliphatic carbocycles. The zero-order valence-corrected chi connectivity index (χ0v) is 20.3. The van der Waals surface area contributed by atoms with Crippen LogP contribution >= 0.6 is 0 Å². The lowest BCUT2D eigenvalue weighted by atomic mass is 9.74. The molecule has 2 aromatic rings. The molecule has 2 unspecified atom stereocenters. The zero-order valence-electron chi connectivity index (χ0n) is 20.3. The summed E-state index contributed by atoms with van der Waals surface area (Å²) in [5.74, 6) is 0.813. The minimum Gasteiger partial charge on any atom is -0.508 e. The Morgan fingerprint density at radius 1 is 0.969 bits per heavy atom. The maximum atomic E-state index is 13.4. The molecule has 0 bridgehead atoms. The molecule has 1 fully saturated rings. The Morgan fingerprint density at radius 2 is 1.56 bits per heavy atom. The molecule has 3 nitrogen and oxygen atoms in total. The van der Waals surface area contributed by atoms with Gasteiger partial charge in [-0.1, -0.05) is 56.3 Å². The van der Waals surface area contributed by atoms with Crippen LogP contribution in [0.2, 0.25) is 0 Å². The van der Waals surface area contributed by atoms with Gasteiger partial charge in [0.15, 0.2) is 0 Å². The molecule has 3 heteroatoms. The number of carbonyl (C=O) groups is 1. The summed E-state index contributed by atoms with van der Waals surface area (Å²) in [6.45, 7) is 8.43. The van der Waals surface area contributed by atoms with Crippen molar-refractivity contribution in [3.05, 3.63) is 65.7 Å². The molecule has 0 heterocycles. The van der Waals surface area contributed by atoms with Gasteiger partial charge in [0.2, 0.25) is 0 Å². The van der Waals surface area contributed by atoms with E-state index >= 15 is 0 Å². The third kappa shape index (κ3) is 5.94. The van der Waals surface area contributed by atoms with E-state index in [2.05, 4.69) is 44.2 Å². The number of esters is 1. The van der Waals surface area contributed by atoms with E-state index < -0.39 is 5.41 Å². The molecule has 1 aliphatic rings. The summed E-state index contributed by atoms with van der Waals surface area (Å²) >= 11 is 0.